The van der Waals surface area contributed by atoms with Crippen LogP contribution in [0.5, 0.6) is 0 Å². The number of hydrogen-bond acceptors (Lipinski definition) is 6. The molecule has 52 heavy (non-hydrogen) atoms. The van der Waals surface area contributed by atoms with Crippen molar-refractivity contribution in [2.75, 3.05) is 12.4 Å². The van der Waals surface area contributed by atoms with Gasteiger partial charge in [0.25, 0.3) is 0 Å². The Hall–Kier alpha value is -6.79. The summed E-state index contributed by atoms with van der Waals surface area (Å²) in [7, 11) is 1.96. The van der Waals surface area contributed by atoms with Gasteiger partial charge in [-0.1, -0.05) is 121 Å². The molecular formula is C46H35N5O. The fraction of sp³-hybridized carbons (Fsp3) is 0.0652. The van der Waals surface area contributed by atoms with Crippen LogP contribution in [0, 0.1) is 0 Å². The van der Waals surface area contributed by atoms with Crippen LogP contribution in [-0.2, 0) is 0 Å². The number of allylic oxidation sites excluding steroid dienone is 3. The molecule has 6 aromatic carbocycles. The summed E-state index contributed by atoms with van der Waals surface area (Å²) >= 11 is 0. The topological polar surface area (TPSA) is 75.9 Å². The highest BCUT2D eigenvalue weighted by Gasteiger charge is 2.17. The highest BCUT2D eigenvalue weighted by molar-refractivity contribution is 6.05. The van der Waals surface area contributed by atoms with Crippen LogP contribution in [0.3, 0.4) is 0 Å². The first-order valence-corrected chi connectivity index (χ1v) is 17.6. The van der Waals surface area contributed by atoms with E-state index in [-0.39, 0.29) is 0 Å². The molecule has 8 aromatic rings. The molecule has 1 aliphatic rings. The molecule has 0 amide bonds. The fourth-order valence-corrected chi connectivity index (χ4v) is 6.93. The lowest BCUT2D eigenvalue weighted by atomic mass is 9.96. The average molecular weight is 674 g/mol. The Balaban J connectivity index is 1.06. The van der Waals surface area contributed by atoms with Crippen LogP contribution in [0.4, 0.5) is 5.69 Å². The third-order valence-corrected chi connectivity index (χ3v) is 9.62. The molecule has 0 bridgehead atoms. The van der Waals surface area contributed by atoms with Gasteiger partial charge in [0.15, 0.2) is 17.5 Å². The molecule has 9 rings (SSSR count). The lowest BCUT2D eigenvalue weighted by molar-refractivity contribution is 0.669. The van der Waals surface area contributed by atoms with E-state index in [9.17, 15) is 0 Å². The van der Waals surface area contributed by atoms with Crippen LogP contribution in [0.25, 0.3) is 78.4 Å². The van der Waals surface area contributed by atoms with Gasteiger partial charge in [-0.2, -0.15) is 0 Å². The Morgan fingerprint density at radius 2 is 1.13 bits per heavy atom. The van der Waals surface area contributed by atoms with Crippen molar-refractivity contribution in [3.05, 3.63) is 169 Å². The van der Waals surface area contributed by atoms with Gasteiger partial charge in [0.2, 0.25) is 0 Å². The Kier molecular flexibility index (Phi) is 8.10. The van der Waals surface area contributed by atoms with Crippen LogP contribution in [0.1, 0.15) is 12.8 Å². The van der Waals surface area contributed by atoms with Crippen LogP contribution in [0.2, 0.25) is 0 Å². The summed E-state index contributed by atoms with van der Waals surface area (Å²) < 4.78 is 6.23. The number of aromatic nitrogens is 3. The lowest BCUT2D eigenvalue weighted by Crippen LogP contribution is -2.14. The predicted molar refractivity (Wildman–Crippen MR) is 212 cm³/mol. The van der Waals surface area contributed by atoms with E-state index in [1.165, 1.54) is 5.70 Å². The summed E-state index contributed by atoms with van der Waals surface area (Å²) in [6.07, 6.45) is 6.39. The van der Waals surface area contributed by atoms with E-state index < -0.39 is 0 Å². The van der Waals surface area contributed by atoms with Crippen LogP contribution in [0.15, 0.2) is 174 Å². The van der Waals surface area contributed by atoms with Gasteiger partial charge in [0, 0.05) is 45.9 Å². The molecule has 6 heteroatoms. The van der Waals surface area contributed by atoms with Gasteiger partial charge in [-0.3, -0.25) is 0 Å². The molecule has 0 aliphatic heterocycles. The summed E-state index contributed by atoms with van der Waals surface area (Å²) in [5, 5.41) is 9.05. The van der Waals surface area contributed by atoms with Crippen molar-refractivity contribution in [3.63, 3.8) is 0 Å². The first-order valence-electron chi connectivity index (χ1n) is 17.6. The van der Waals surface area contributed by atoms with Crippen molar-refractivity contribution in [1.82, 2.24) is 20.3 Å². The lowest BCUT2D eigenvalue weighted by Gasteiger charge is -2.18. The normalized spacial score (nSPS) is 12.8. The van der Waals surface area contributed by atoms with E-state index in [2.05, 4.69) is 108 Å². The second-order valence-electron chi connectivity index (χ2n) is 12.9. The van der Waals surface area contributed by atoms with E-state index in [4.69, 9.17) is 19.4 Å². The Morgan fingerprint density at radius 1 is 0.519 bits per heavy atom. The number of likely N-dealkylation sites (N-methyl/N-ethyl adjacent to an activating group) is 1. The van der Waals surface area contributed by atoms with E-state index in [0.717, 1.165) is 85.1 Å². The molecule has 6 nitrogen and oxygen atoms in total. The molecule has 250 valence electrons. The maximum Gasteiger partial charge on any atom is 0.164 e. The first kappa shape index (κ1) is 31.2. The summed E-state index contributed by atoms with van der Waals surface area (Å²) in [6.45, 7) is 0. The summed E-state index contributed by atoms with van der Waals surface area (Å²) in [6, 6.07) is 50.0. The number of fused-ring (bicyclic) bond motifs is 3. The van der Waals surface area contributed by atoms with E-state index in [0.29, 0.717) is 17.5 Å². The maximum absolute atomic E-state index is 6.23. The smallest absolute Gasteiger partial charge is 0.164 e. The van der Waals surface area contributed by atoms with Crippen molar-refractivity contribution >= 4 is 27.6 Å². The number of rotatable bonds is 8. The van der Waals surface area contributed by atoms with Gasteiger partial charge in [-0.25, -0.2) is 15.0 Å². The molecule has 0 radical (unpaired) electrons. The number of hydrogen-bond donors (Lipinski definition) is 2. The van der Waals surface area contributed by atoms with Crippen LogP contribution < -0.4 is 10.6 Å². The zero-order valence-electron chi connectivity index (χ0n) is 28.7. The Labute approximate surface area is 302 Å². The number of nitrogens with one attached hydrogen (secondary N) is 2. The molecule has 0 unspecified atom stereocenters. The average Bonchev–Trinajstić information content (AvgIpc) is 3.60. The number of furan rings is 1. The van der Waals surface area contributed by atoms with Crippen molar-refractivity contribution in [2.24, 2.45) is 0 Å². The molecular weight excluding hydrogens is 639 g/mol. The standard InChI is InChI=1S/C46H35N5O/c1-47-40-16-8-9-17-41(40)48-35-26-23-31(24-27-35)30-19-21-32(22-20-30)36-13-5-6-15-39(36)46-50-44(33-11-3-2-4-12-33)49-45(51-46)34-25-28-38-37-14-7-10-18-42(37)52-43(38)29-34/h2-8,10-16,18-29,47-48H,9,17H2,1H3. The predicted octanol–water partition coefficient (Wildman–Crippen LogP) is 11.3. The van der Waals surface area contributed by atoms with Gasteiger partial charge in [-0.05, 0) is 71.5 Å². The zero-order chi connectivity index (χ0) is 34.9. The van der Waals surface area contributed by atoms with Gasteiger partial charge < -0.3 is 15.1 Å². The van der Waals surface area contributed by atoms with E-state index in [1.807, 2.05) is 67.7 Å². The van der Waals surface area contributed by atoms with Gasteiger partial charge >= 0.3 is 0 Å². The second-order valence-corrected chi connectivity index (χ2v) is 12.9. The molecule has 0 fully saturated rings. The third-order valence-electron chi connectivity index (χ3n) is 9.62. The van der Waals surface area contributed by atoms with Crippen molar-refractivity contribution < 1.29 is 4.42 Å². The van der Waals surface area contributed by atoms with E-state index in [1.54, 1.807) is 0 Å². The molecule has 0 saturated heterocycles. The first-order chi connectivity index (χ1) is 25.7. The van der Waals surface area contributed by atoms with Crippen molar-refractivity contribution in [1.29, 1.82) is 0 Å². The summed E-state index contributed by atoms with van der Waals surface area (Å²) in [4.78, 5) is 15.1. The third kappa shape index (κ3) is 6.01. The fourth-order valence-electron chi connectivity index (χ4n) is 6.93. The highest BCUT2D eigenvalue weighted by atomic mass is 16.3. The zero-order valence-corrected chi connectivity index (χ0v) is 28.7. The maximum atomic E-state index is 6.23. The Bertz CT molecular complexity index is 2620. The molecule has 0 saturated carbocycles. The highest BCUT2D eigenvalue weighted by Crippen LogP contribution is 2.36. The SMILES string of the molecule is CNC1=C(Nc2ccc(-c3ccc(-c4ccccc4-c4nc(-c5ccccc5)nc(-c5ccc6c(c5)oc5ccccc56)n4)cc3)cc2)CCC=C1. The number of nitrogens with zero attached hydrogens (tertiary/aromatic N) is 3. The van der Waals surface area contributed by atoms with Crippen LogP contribution in [-0.4, -0.2) is 22.0 Å². The largest absolute Gasteiger partial charge is 0.456 e. The van der Waals surface area contributed by atoms with Crippen molar-refractivity contribution in [3.8, 4) is 56.4 Å². The van der Waals surface area contributed by atoms with Crippen LogP contribution >= 0.6 is 0 Å². The monoisotopic (exact) mass is 673 g/mol. The summed E-state index contributed by atoms with van der Waals surface area (Å²) in [5.41, 5.74) is 12.3. The quantitative estimate of drug-likeness (QED) is 0.167. The summed E-state index contributed by atoms with van der Waals surface area (Å²) in [5.74, 6) is 1.82. The number of para-hydroxylation sites is 1. The molecule has 0 atom stereocenters. The minimum atomic E-state index is 0.590. The van der Waals surface area contributed by atoms with Gasteiger partial charge in [-0.15, -0.1) is 0 Å². The van der Waals surface area contributed by atoms with E-state index >= 15 is 0 Å². The molecule has 2 heterocycles. The minimum absolute atomic E-state index is 0.590. The van der Waals surface area contributed by atoms with Gasteiger partial charge in [0.05, 0.1) is 5.70 Å². The number of anilines is 1. The molecule has 0 spiro atoms. The second kappa shape index (κ2) is 13.5. The van der Waals surface area contributed by atoms with Gasteiger partial charge in [0.1, 0.15) is 11.2 Å². The number of benzene rings is 6. The minimum Gasteiger partial charge on any atom is -0.456 e. The van der Waals surface area contributed by atoms with Crippen molar-refractivity contribution in [2.45, 2.75) is 12.8 Å². The molecule has 2 N–H and O–H groups in total. The molecule has 2 aromatic heterocycles. The molecule has 1 aliphatic carbocycles. The Morgan fingerprint density at radius 3 is 1.92 bits per heavy atom.